The number of nitrogens with zero attached hydrogens (tertiary/aromatic N) is 4. The predicted molar refractivity (Wildman–Crippen MR) is 229 cm³/mol. The molecule has 0 unspecified atom stereocenters. The van der Waals surface area contributed by atoms with Crippen molar-refractivity contribution in [1.29, 1.82) is 0 Å². The van der Waals surface area contributed by atoms with Gasteiger partial charge in [0.1, 0.15) is 0 Å². The molecule has 0 N–H and O–H groups in total. The van der Waals surface area contributed by atoms with Crippen molar-refractivity contribution in [3.63, 3.8) is 0 Å². The second kappa shape index (κ2) is 10.1. The van der Waals surface area contributed by atoms with Gasteiger partial charge in [-0.25, -0.2) is 9.97 Å². The van der Waals surface area contributed by atoms with Gasteiger partial charge in [-0.05, 0) is 57.1 Å². The predicted octanol–water partition coefficient (Wildman–Crippen LogP) is 13.0. The molecule has 4 nitrogen and oxygen atoms in total. The molecule has 4 heteroatoms. The van der Waals surface area contributed by atoms with Crippen LogP contribution in [-0.4, -0.2) is 18.9 Å². The van der Waals surface area contributed by atoms with E-state index in [1.807, 2.05) is 0 Å². The molecule has 0 radical (unpaired) electrons. The lowest BCUT2D eigenvalue weighted by atomic mass is 9.82. The Kier molecular flexibility index (Phi) is 5.42. The molecule has 0 bridgehead atoms. The fourth-order valence-electron chi connectivity index (χ4n) is 10.3. The fraction of sp³-hybridized carbons (Fsp3) is 0.0588. The maximum atomic E-state index is 5.60. The maximum Gasteiger partial charge on any atom is 0.235 e. The Bertz CT molecular complexity index is 3620. The Balaban J connectivity index is 1.31. The van der Waals surface area contributed by atoms with E-state index in [4.69, 9.17) is 9.97 Å². The highest BCUT2D eigenvalue weighted by molar-refractivity contribution is 6.33. The van der Waals surface area contributed by atoms with Crippen molar-refractivity contribution >= 4 is 81.6 Å². The Morgan fingerprint density at radius 3 is 2.05 bits per heavy atom. The maximum absolute atomic E-state index is 5.60. The lowest BCUT2D eigenvalue weighted by Crippen LogP contribution is -2.15. The molecule has 0 saturated heterocycles. The molecule has 13 rings (SSSR count). The van der Waals surface area contributed by atoms with E-state index in [0.717, 1.165) is 38.6 Å². The molecule has 0 atom stereocenters. The zero-order chi connectivity index (χ0) is 36.2. The summed E-state index contributed by atoms with van der Waals surface area (Å²) in [5, 5.41) is 10.9. The van der Waals surface area contributed by atoms with Gasteiger partial charge < -0.3 is 4.40 Å². The third kappa shape index (κ3) is 3.57. The molecule has 0 aliphatic heterocycles. The normalized spacial score (nSPS) is 13.8. The number of para-hydroxylation sites is 2. The van der Waals surface area contributed by atoms with E-state index in [9.17, 15) is 0 Å². The molecule has 0 amide bonds. The van der Waals surface area contributed by atoms with Gasteiger partial charge in [-0.1, -0.05) is 147 Å². The summed E-state index contributed by atoms with van der Waals surface area (Å²) >= 11 is 0. The van der Waals surface area contributed by atoms with Crippen molar-refractivity contribution < 1.29 is 0 Å². The van der Waals surface area contributed by atoms with Crippen LogP contribution in [0.4, 0.5) is 0 Å². The van der Waals surface area contributed by atoms with Gasteiger partial charge in [0.25, 0.3) is 0 Å². The molecule has 8 aromatic carbocycles. The number of rotatable bonds is 2. The topological polar surface area (TPSA) is 35.1 Å². The molecule has 4 heterocycles. The van der Waals surface area contributed by atoms with Crippen LogP contribution in [0.25, 0.3) is 110 Å². The second-order valence-electron chi connectivity index (χ2n) is 15.7. The average Bonchev–Trinajstić information content (AvgIpc) is 3.79. The van der Waals surface area contributed by atoms with Crippen LogP contribution in [0.3, 0.4) is 0 Å². The molecular weight excluding hydrogens is 669 g/mol. The van der Waals surface area contributed by atoms with E-state index in [0.29, 0.717) is 5.95 Å². The SMILES string of the molecule is CC1(C)c2ccccc2-c2c1cc1c3c4c(cccc4n1-c1nc(-c4ccccc4)c4c(ccc5ccccc54)n1)c1cccc4c5ccccc5n(c23)c14. The molecule has 0 saturated carbocycles. The van der Waals surface area contributed by atoms with Gasteiger partial charge in [0.2, 0.25) is 5.95 Å². The van der Waals surface area contributed by atoms with E-state index in [2.05, 4.69) is 181 Å². The van der Waals surface area contributed by atoms with Crippen molar-refractivity contribution in [2.75, 3.05) is 0 Å². The molecule has 0 fully saturated rings. The number of hydrogen-bond acceptors (Lipinski definition) is 2. The lowest BCUT2D eigenvalue weighted by molar-refractivity contribution is 0.661. The van der Waals surface area contributed by atoms with Crippen LogP contribution in [0.5, 0.6) is 0 Å². The minimum absolute atomic E-state index is 0.229. The van der Waals surface area contributed by atoms with Crippen molar-refractivity contribution in [1.82, 2.24) is 18.9 Å². The van der Waals surface area contributed by atoms with Gasteiger partial charge in [0.05, 0.1) is 38.8 Å². The van der Waals surface area contributed by atoms with Crippen LogP contribution < -0.4 is 0 Å². The second-order valence-corrected chi connectivity index (χ2v) is 15.7. The molecule has 1 aliphatic carbocycles. The summed E-state index contributed by atoms with van der Waals surface area (Å²) in [5.74, 6) is 0.675. The van der Waals surface area contributed by atoms with E-state index in [1.54, 1.807) is 0 Å². The zero-order valence-corrected chi connectivity index (χ0v) is 30.3. The van der Waals surface area contributed by atoms with Gasteiger partial charge in [0, 0.05) is 48.9 Å². The third-order valence-corrected chi connectivity index (χ3v) is 12.6. The van der Waals surface area contributed by atoms with Crippen molar-refractivity contribution in [2.24, 2.45) is 0 Å². The Morgan fingerprint density at radius 1 is 0.473 bits per heavy atom. The molecule has 55 heavy (non-hydrogen) atoms. The highest BCUT2D eigenvalue weighted by atomic mass is 15.2. The van der Waals surface area contributed by atoms with Crippen LogP contribution in [0.2, 0.25) is 0 Å². The standard InChI is InChI=1S/C51H32N4/c1-51(2)37-23-10-8-19-36(37)43-38(51)28-42-46-45-33(35-22-12-21-34-32-18-9-11-24-40(32)55(48(34)35)49(43)46)20-13-25-41(45)54(42)50-52-39-27-26-29-14-6-7-17-31(29)44(39)47(53-50)30-15-4-3-5-16-30/h3-28H,1-2H3. The van der Waals surface area contributed by atoms with Crippen LogP contribution in [0, 0.1) is 0 Å². The highest BCUT2D eigenvalue weighted by Gasteiger charge is 2.39. The lowest BCUT2D eigenvalue weighted by Gasteiger charge is -2.22. The van der Waals surface area contributed by atoms with Gasteiger partial charge in [-0.3, -0.25) is 4.57 Å². The quantitative estimate of drug-likeness (QED) is 0.168. The molecule has 1 aliphatic rings. The largest absolute Gasteiger partial charge is 0.307 e. The molecular formula is C51H32N4. The number of fused-ring (bicyclic) bond motifs is 12. The van der Waals surface area contributed by atoms with Crippen molar-refractivity contribution in [3.05, 3.63) is 169 Å². The molecule has 12 aromatic rings. The van der Waals surface area contributed by atoms with Crippen molar-refractivity contribution in [2.45, 2.75) is 19.3 Å². The summed E-state index contributed by atoms with van der Waals surface area (Å²) in [5.41, 5.74) is 14.0. The van der Waals surface area contributed by atoms with E-state index in [1.165, 1.54) is 76.5 Å². The van der Waals surface area contributed by atoms with Crippen molar-refractivity contribution in [3.8, 4) is 28.3 Å². The first kappa shape index (κ1) is 29.4. The third-order valence-electron chi connectivity index (χ3n) is 12.6. The first-order valence-corrected chi connectivity index (χ1v) is 19.1. The highest BCUT2D eigenvalue weighted by Crippen LogP contribution is 2.55. The van der Waals surface area contributed by atoms with Gasteiger partial charge in [-0.2, -0.15) is 0 Å². The molecule has 4 aromatic heterocycles. The Labute approximate surface area is 315 Å². The number of aromatic nitrogens is 4. The fourth-order valence-corrected chi connectivity index (χ4v) is 10.3. The van der Waals surface area contributed by atoms with Crippen LogP contribution in [0.1, 0.15) is 25.0 Å². The monoisotopic (exact) mass is 700 g/mol. The van der Waals surface area contributed by atoms with Gasteiger partial charge >= 0.3 is 0 Å². The summed E-state index contributed by atoms with van der Waals surface area (Å²) in [6.07, 6.45) is 0. The summed E-state index contributed by atoms with van der Waals surface area (Å²) in [6, 6.07) is 57.6. The summed E-state index contributed by atoms with van der Waals surface area (Å²) in [7, 11) is 0. The number of benzene rings is 8. The van der Waals surface area contributed by atoms with Crippen LogP contribution >= 0.6 is 0 Å². The number of hydrogen-bond donors (Lipinski definition) is 0. The van der Waals surface area contributed by atoms with Gasteiger partial charge in [0.15, 0.2) is 0 Å². The molecule has 0 spiro atoms. The Hall–Kier alpha value is -7.04. The summed E-state index contributed by atoms with van der Waals surface area (Å²) in [6.45, 7) is 4.77. The first-order chi connectivity index (χ1) is 27.1. The molecule has 256 valence electrons. The summed E-state index contributed by atoms with van der Waals surface area (Å²) < 4.78 is 4.95. The van der Waals surface area contributed by atoms with Crippen LogP contribution in [0.15, 0.2) is 158 Å². The van der Waals surface area contributed by atoms with E-state index < -0.39 is 0 Å². The average molecular weight is 701 g/mol. The Morgan fingerprint density at radius 2 is 1.16 bits per heavy atom. The van der Waals surface area contributed by atoms with Gasteiger partial charge in [-0.15, -0.1) is 0 Å². The van der Waals surface area contributed by atoms with Crippen LogP contribution in [-0.2, 0) is 5.41 Å². The minimum atomic E-state index is -0.229. The first-order valence-electron chi connectivity index (χ1n) is 19.1. The smallest absolute Gasteiger partial charge is 0.235 e. The van der Waals surface area contributed by atoms with E-state index in [-0.39, 0.29) is 5.41 Å². The zero-order valence-electron chi connectivity index (χ0n) is 30.3. The summed E-state index contributed by atoms with van der Waals surface area (Å²) in [4.78, 5) is 11.1. The minimum Gasteiger partial charge on any atom is -0.307 e. The van der Waals surface area contributed by atoms with E-state index >= 15 is 0 Å².